The van der Waals surface area contributed by atoms with Crippen molar-refractivity contribution in [1.82, 2.24) is 5.32 Å². The zero-order valence-corrected chi connectivity index (χ0v) is 12.0. The van der Waals surface area contributed by atoms with Gasteiger partial charge in [0.05, 0.1) is 11.4 Å². The molecule has 2 fully saturated rings. The molecule has 0 bridgehead atoms. The Morgan fingerprint density at radius 3 is 2.50 bits per heavy atom. The Hall–Kier alpha value is -1.71. The van der Waals surface area contributed by atoms with Crippen molar-refractivity contribution in [2.24, 2.45) is 11.8 Å². The maximum absolute atomic E-state index is 11.9. The topological polar surface area (TPSA) is 67.2 Å². The van der Waals surface area contributed by atoms with Crippen molar-refractivity contribution in [2.75, 3.05) is 17.6 Å². The van der Waals surface area contributed by atoms with Gasteiger partial charge in [-0.3, -0.25) is 4.79 Å². The summed E-state index contributed by atoms with van der Waals surface area (Å²) < 4.78 is 0. The number of anilines is 2. The van der Waals surface area contributed by atoms with Gasteiger partial charge in [0.25, 0.3) is 5.91 Å². The van der Waals surface area contributed by atoms with Gasteiger partial charge in [-0.1, -0.05) is 0 Å². The second-order valence-corrected chi connectivity index (χ2v) is 6.01. The lowest BCUT2D eigenvalue weighted by molar-refractivity contribution is 0.0956. The van der Waals surface area contributed by atoms with Crippen LogP contribution in [-0.4, -0.2) is 18.5 Å². The molecule has 0 unspecified atom stereocenters. The van der Waals surface area contributed by atoms with Crippen LogP contribution in [0.25, 0.3) is 0 Å². The summed E-state index contributed by atoms with van der Waals surface area (Å²) in [6, 6.07) is 6.04. The van der Waals surface area contributed by atoms with E-state index in [1.807, 2.05) is 19.1 Å². The van der Waals surface area contributed by atoms with Crippen LogP contribution < -0.4 is 16.4 Å². The average Bonchev–Trinajstić information content (AvgIpc) is 3.29. The minimum Gasteiger partial charge on any atom is -0.397 e. The lowest BCUT2D eigenvalue weighted by Crippen LogP contribution is -2.26. The summed E-state index contributed by atoms with van der Waals surface area (Å²) in [5, 5.41) is 6.43. The van der Waals surface area contributed by atoms with Crippen molar-refractivity contribution in [3.8, 4) is 0 Å². The van der Waals surface area contributed by atoms with Crippen molar-refractivity contribution in [2.45, 2.75) is 38.6 Å². The molecule has 0 heterocycles. The van der Waals surface area contributed by atoms with Gasteiger partial charge < -0.3 is 16.4 Å². The number of hydrogen-bond acceptors (Lipinski definition) is 3. The molecule has 2 aliphatic carbocycles. The minimum atomic E-state index is -0.0371. The van der Waals surface area contributed by atoms with Crippen molar-refractivity contribution in [3.63, 3.8) is 0 Å². The molecule has 0 atom stereocenters. The fraction of sp³-hybridized carbons (Fsp3) is 0.562. The largest absolute Gasteiger partial charge is 0.397 e. The van der Waals surface area contributed by atoms with Gasteiger partial charge in [0.2, 0.25) is 0 Å². The number of amides is 1. The van der Waals surface area contributed by atoms with E-state index in [-0.39, 0.29) is 5.91 Å². The highest BCUT2D eigenvalue weighted by molar-refractivity contribution is 5.96. The normalized spacial score (nSPS) is 18.1. The van der Waals surface area contributed by atoms with Crippen LogP contribution in [0.3, 0.4) is 0 Å². The molecule has 20 heavy (non-hydrogen) atoms. The molecule has 4 N–H and O–H groups in total. The van der Waals surface area contributed by atoms with E-state index in [0.717, 1.165) is 23.2 Å². The van der Waals surface area contributed by atoms with Crippen molar-refractivity contribution in [3.05, 3.63) is 23.8 Å². The number of carbonyl (C=O) groups is 1. The van der Waals surface area contributed by atoms with E-state index in [9.17, 15) is 4.79 Å². The summed E-state index contributed by atoms with van der Waals surface area (Å²) >= 11 is 0. The minimum absolute atomic E-state index is 0.0371. The second-order valence-electron chi connectivity index (χ2n) is 6.01. The van der Waals surface area contributed by atoms with E-state index in [1.165, 1.54) is 25.7 Å². The van der Waals surface area contributed by atoms with Crippen molar-refractivity contribution in [1.29, 1.82) is 0 Å². The number of hydrogen-bond donors (Lipinski definition) is 3. The first kappa shape index (κ1) is 13.3. The SMILES string of the molecule is CCNC(=O)c1ccc(N)c(NC(C2CC2)C2CC2)c1. The number of benzene rings is 1. The Morgan fingerprint density at radius 2 is 1.95 bits per heavy atom. The molecule has 1 aromatic carbocycles. The maximum atomic E-state index is 11.9. The monoisotopic (exact) mass is 273 g/mol. The van der Waals surface area contributed by atoms with Gasteiger partial charge in [-0.25, -0.2) is 0 Å². The summed E-state index contributed by atoms with van der Waals surface area (Å²) in [6.45, 7) is 2.56. The molecule has 2 aliphatic rings. The first-order chi connectivity index (χ1) is 9.69. The number of nitrogens with two attached hydrogens (primary N) is 1. The average molecular weight is 273 g/mol. The van der Waals surface area contributed by atoms with Gasteiger partial charge >= 0.3 is 0 Å². The highest BCUT2D eigenvalue weighted by Crippen LogP contribution is 2.46. The first-order valence-corrected chi connectivity index (χ1v) is 7.63. The second kappa shape index (κ2) is 5.35. The molecule has 0 saturated heterocycles. The van der Waals surface area contributed by atoms with Gasteiger partial charge in [0.15, 0.2) is 0 Å². The zero-order valence-electron chi connectivity index (χ0n) is 12.0. The zero-order chi connectivity index (χ0) is 14.1. The fourth-order valence-corrected chi connectivity index (χ4v) is 2.80. The standard InChI is InChI=1S/C16H23N3O/c1-2-18-16(20)12-7-8-13(17)14(9-12)19-15(10-3-4-10)11-5-6-11/h7-11,15,19H,2-6,17H2,1H3,(H,18,20). The van der Waals surface area contributed by atoms with Gasteiger partial charge in [-0.05, 0) is 62.6 Å². The first-order valence-electron chi connectivity index (χ1n) is 7.63. The fourth-order valence-electron chi connectivity index (χ4n) is 2.80. The van der Waals surface area contributed by atoms with Crippen LogP contribution in [0.15, 0.2) is 18.2 Å². The van der Waals surface area contributed by atoms with Crippen molar-refractivity contribution >= 4 is 17.3 Å². The molecule has 1 amide bonds. The predicted octanol–water partition coefficient (Wildman–Crippen LogP) is 2.62. The molecule has 1 aromatic rings. The molecule has 3 rings (SSSR count). The van der Waals surface area contributed by atoms with Crippen LogP contribution in [0, 0.1) is 11.8 Å². The Morgan fingerprint density at radius 1 is 1.30 bits per heavy atom. The quantitative estimate of drug-likeness (QED) is 0.698. The molecule has 0 aliphatic heterocycles. The Labute approximate surface area is 120 Å². The number of nitrogens with one attached hydrogen (secondary N) is 2. The maximum Gasteiger partial charge on any atom is 0.251 e. The van der Waals surface area contributed by atoms with E-state index in [4.69, 9.17) is 5.73 Å². The van der Waals surface area contributed by atoms with Gasteiger partial charge in [0, 0.05) is 18.2 Å². The Kier molecular flexibility index (Phi) is 3.55. The van der Waals surface area contributed by atoms with E-state index >= 15 is 0 Å². The molecule has 2 saturated carbocycles. The number of carbonyl (C=O) groups excluding carboxylic acids is 1. The molecule has 108 valence electrons. The summed E-state index contributed by atoms with van der Waals surface area (Å²) in [4.78, 5) is 11.9. The summed E-state index contributed by atoms with van der Waals surface area (Å²) in [5.74, 6) is 1.56. The molecular weight excluding hydrogens is 250 g/mol. The molecule has 0 spiro atoms. The summed E-state index contributed by atoms with van der Waals surface area (Å²) in [5.41, 5.74) is 8.37. The van der Waals surface area contributed by atoms with E-state index in [2.05, 4.69) is 10.6 Å². The van der Waals surface area contributed by atoms with Crippen LogP contribution in [0.5, 0.6) is 0 Å². The smallest absolute Gasteiger partial charge is 0.251 e. The highest BCUT2D eigenvalue weighted by Gasteiger charge is 2.41. The third-order valence-electron chi connectivity index (χ3n) is 4.23. The van der Waals surface area contributed by atoms with Gasteiger partial charge in [0.1, 0.15) is 0 Å². The number of nitrogen functional groups attached to an aromatic ring is 1. The van der Waals surface area contributed by atoms with E-state index < -0.39 is 0 Å². The van der Waals surface area contributed by atoms with E-state index in [0.29, 0.717) is 18.2 Å². The van der Waals surface area contributed by atoms with Crippen LogP contribution in [0.4, 0.5) is 11.4 Å². The third-order valence-corrected chi connectivity index (χ3v) is 4.23. The lowest BCUT2D eigenvalue weighted by Gasteiger charge is -2.21. The van der Waals surface area contributed by atoms with Crippen LogP contribution in [0.1, 0.15) is 43.0 Å². The molecular formula is C16H23N3O. The van der Waals surface area contributed by atoms with Crippen molar-refractivity contribution < 1.29 is 4.79 Å². The predicted molar refractivity (Wildman–Crippen MR) is 81.7 cm³/mol. The highest BCUT2D eigenvalue weighted by atomic mass is 16.1. The lowest BCUT2D eigenvalue weighted by atomic mass is 10.1. The van der Waals surface area contributed by atoms with Crippen LogP contribution in [-0.2, 0) is 0 Å². The van der Waals surface area contributed by atoms with Gasteiger partial charge in [-0.15, -0.1) is 0 Å². The summed E-state index contributed by atoms with van der Waals surface area (Å²) in [6.07, 6.45) is 5.29. The summed E-state index contributed by atoms with van der Waals surface area (Å²) in [7, 11) is 0. The molecule has 0 radical (unpaired) electrons. The molecule has 0 aromatic heterocycles. The third kappa shape index (κ3) is 2.89. The Bertz CT molecular complexity index is 494. The number of rotatable bonds is 6. The Balaban J connectivity index is 1.77. The van der Waals surface area contributed by atoms with Gasteiger partial charge in [-0.2, -0.15) is 0 Å². The van der Waals surface area contributed by atoms with Crippen LogP contribution >= 0.6 is 0 Å². The van der Waals surface area contributed by atoms with Crippen LogP contribution in [0.2, 0.25) is 0 Å². The van der Waals surface area contributed by atoms with E-state index in [1.54, 1.807) is 6.07 Å². The molecule has 4 heteroatoms. The molecule has 4 nitrogen and oxygen atoms in total.